The van der Waals surface area contributed by atoms with Crippen LogP contribution in [-0.4, -0.2) is 24.9 Å². The van der Waals surface area contributed by atoms with E-state index >= 15 is 0 Å². The molecule has 0 aliphatic carbocycles. The number of nitrogens with zero attached hydrogens (tertiary/aromatic N) is 1. The van der Waals surface area contributed by atoms with E-state index in [0.717, 1.165) is 42.8 Å². The second kappa shape index (κ2) is 10.5. The Kier molecular flexibility index (Phi) is 8.02. The second-order valence-electron chi connectivity index (χ2n) is 6.25. The van der Waals surface area contributed by atoms with Crippen LogP contribution in [0.4, 0.5) is 21.5 Å². The molecule has 0 atom stereocenters. The molecule has 10 heteroatoms. The zero-order chi connectivity index (χ0) is 20.5. The second-order valence-corrected chi connectivity index (χ2v) is 7.25. The summed E-state index contributed by atoms with van der Waals surface area (Å²) in [5.74, 6) is -0.687. The number of thiazole rings is 1. The Morgan fingerprint density at radius 2 is 2.00 bits per heavy atom. The minimum absolute atomic E-state index is 0.270. The molecule has 1 aromatic carbocycles. The van der Waals surface area contributed by atoms with Crippen LogP contribution in [0.2, 0.25) is 0 Å². The molecular weight excluding hydrogens is 380 g/mol. The third kappa shape index (κ3) is 6.10. The first-order valence-electron chi connectivity index (χ1n) is 8.97. The minimum atomic E-state index is -0.409. The smallest absolute Gasteiger partial charge is 0.341 e. The largest absolute Gasteiger partial charge is 0.385 e. The first-order chi connectivity index (χ1) is 13.4. The van der Waals surface area contributed by atoms with Gasteiger partial charge in [0.25, 0.3) is 0 Å². The molecule has 0 unspecified atom stereocenters. The molecule has 0 spiro atoms. The van der Waals surface area contributed by atoms with Gasteiger partial charge in [-0.15, -0.1) is 4.91 Å². The quantitative estimate of drug-likeness (QED) is 0.355. The lowest BCUT2D eigenvalue weighted by molar-refractivity contribution is -0.363. The number of hydrogen-bond donors (Lipinski definition) is 4. The normalized spacial score (nSPS) is 10.4. The van der Waals surface area contributed by atoms with Gasteiger partial charge < -0.3 is 16.4 Å². The van der Waals surface area contributed by atoms with E-state index in [2.05, 4.69) is 26.1 Å². The van der Waals surface area contributed by atoms with Crippen molar-refractivity contribution < 1.29 is 14.6 Å². The van der Waals surface area contributed by atoms with Crippen molar-refractivity contribution >= 4 is 44.7 Å². The van der Waals surface area contributed by atoms with Crippen molar-refractivity contribution in [2.24, 2.45) is 10.9 Å². The van der Waals surface area contributed by atoms with Crippen LogP contribution in [0.15, 0.2) is 23.4 Å². The van der Waals surface area contributed by atoms with Crippen LogP contribution in [0.25, 0.3) is 0 Å². The Hall–Kier alpha value is -2.85. The van der Waals surface area contributed by atoms with Crippen molar-refractivity contribution in [3.8, 4) is 0 Å². The molecule has 9 nitrogen and oxygen atoms in total. The average molecular weight is 406 g/mol. The molecule has 2 aromatic rings. The van der Waals surface area contributed by atoms with E-state index < -0.39 is 5.91 Å². The van der Waals surface area contributed by atoms with Crippen LogP contribution < -0.4 is 26.7 Å². The predicted octanol–water partition coefficient (Wildman–Crippen LogP) is 3.02. The molecule has 0 saturated heterocycles. The molecule has 0 radical (unpaired) electrons. The molecule has 0 aliphatic heterocycles. The number of H-pyrrole nitrogens is 1. The first-order valence-corrected chi connectivity index (χ1v) is 9.79. The molecule has 2 rings (SSSR count). The van der Waals surface area contributed by atoms with Crippen LogP contribution in [-0.2, 0) is 4.79 Å². The van der Waals surface area contributed by atoms with E-state index in [1.165, 1.54) is 6.92 Å². The summed E-state index contributed by atoms with van der Waals surface area (Å²) in [6, 6.07) is 5.15. The van der Waals surface area contributed by atoms with Crippen molar-refractivity contribution in [2.75, 3.05) is 29.0 Å². The molecule has 2 amide bonds. The third-order valence-corrected chi connectivity index (χ3v) is 4.90. The summed E-state index contributed by atoms with van der Waals surface area (Å²) < 4.78 is 0. The van der Waals surface area contributed by atoms with Crippen molar-refractivity contribution in [3.05, 3.63) is 34.4 Å². The molecule has 1 heterocycles. The number of rotatable bonds is 10. The molecule has 0 fully saturated rings. The maximum absolute atomic E-state index is 12.7. The van der Waals surface area contributed by atoms with Gasteiger partial charge in [0.05, 0.1) is 11.3 Å². The van der Waals surface area contributed by atoms with E-state index in [-0.39, 0.29) is 10.9 Å². The lowest BCUT2D eigenvalue weighted by Crippen LogP contribution is -2.20. The topological polar surface area (TPSA) is 140 Å². The number of carbonyl (C=O) groups excluding carboxylic acids is 2. The number of anilines is 3. The lowest BCUT2D eigenvalue weighted by Gasteiger charge is -2.11. The number of amides is 2. The van der Waals surface area contributed by atoms with Crippen molar-refractivity contribution in [2.45, 2.75) is 33.1 Å². The fourth-order valence-corrected chi connectivity index (χ4v) is 3.34. The lowest BCUT2D eigenvalue weighted by atomic mass is 10.1. The van der Waals surface area contributed by atoms with Gasteiger partial charge in [-0.2, -0.15) is 5.32 Å². The summed E-state index contributed by atoms with van der Waals surface area (Å²) in [5.41, 5.74) is 7.58. The van der Waals surface area contributed by atoms with E-state index in [9.17, 15) is 14.5 Å². The summed E-state index contributed by atoms with van der Waals surface area (Å²) in [4.78, 5) is 37.8. The van der Waals surface area contributed by atoms with Gasteiger partial charge in [0.2, 0.25) is 10.9 Å². The molecule has 1 aromatic heterocycles. The first kappa shape index (κ1) is 21.5. The maximum Gasteiger partial charge on any atom is 0.341 e. The predicted molar refractivity (Wildman–Crippen MR) is 111 cm³/mol. The Morgan fingerprint density at radius 3 is 2.64 bits per heavy atom. The number of nitrogens with two attached hydrogens (primary N) is 1. The molecule has 0 saturated carbocycles. The number of carbonyl (C=O) groups is 2. The molecule has 6 N–H and O–H groups in total. The van der Waals surface area contributed by atoms with Crippen LogP contribution >= 0.6 is 11.3 Å². The number of aryl methyl sites for hydroxylation is 1. The molecule has 150 valence electrons. The monoisotopic (exact) mass is 405 g/mol. The highest BCUT2D eigenvalue weighted by Gasteiger charge is 2.21. The fourth-order valence-electron chi connectivity index (χ4n) is 2.56. The zero-order valence-electron chi connectivity index (χ0n) is 15.9. The highest BCUT2D eigenvalue weighted by molar-refractivity contribution is 7.19. The SMILES string of the molecule is CC(=O)Nc1cc(NCCCCCN)ccc1C(=O)Nc1[nH+]c(C)c(N=O)s1. The van der Waals surface area contributed by atoms with E-state index in [4.69, 9.17) is 5.73 Å². The molecule has 28 heavy (non-hydrogen) atoms. The van der Waals surface area contributed by atoms with E-state index in [1.807, 2.05) is 0 Å². The average Bonchev–Trinajstić information content (AvgIpc) is 3.00. The summed E-state index contributed by atoms with van der Waals surface area (Å²) >= 11 is 1.05. The summed E-state index contributed by atoms with van der Waals surface area (Å²) in [7, 11) is 0. The molecule has 0 bridgehead atoms. The molecule has 0 aliphatic rings. The summed E-state index contributed by atoms with van der Waals surface area (Å²) in [6.45, 7) is 4.53. The highest BCUT2D eigenvalue weighted by atomic mass is 32.1. The van der Waals surface area contributed by atoms with Crippen molar-refractivity contribution in [3.63, 3.8) is 0 Å². The van der Waals surface area contributed by atoms with Gasteiger partial charge in [0, 0.05) is 26.1 Å². The third-order valence-electron chi connectivity index (χ3n) is 3.92. The number of unbranched alkanes of at least 4 members (excludes halogenated alkanes) is 2. The summed E-state index contributed by atoms with van der Waals surface area (Å²) in [5, 5.41) is 12.2. The van der Waals surface area contributed by atoms with E-state index in [1.54, 1.807) is 25.1 Å². The maximum atomic E-state index is 12.7. The van der Waals surface area contributed by atoms with Crippen LogP contribution in [0, 0.1) is 11.8 Å². The Labute approximate surface area is 167 Å². The van der Waals surface area contributed by atoms with Gasteiger partial charge in [-0.3, -0.25) is 4.79 Å². The van der Waals surface area contributed by atoms with Gasteiger partial charge in [-0.1, -0.05) is 6.42 Å². The number of hydrogen-bond acceptors (Lipinski definition) is 7. The number of nitrogens with one attached hydrogen (secondary N) is 4. The Bertz CT molecular complexity index is 852. The minimum Gasteiger partial charge on any atom is -0.385 e. The van der Waals surface area contributed by atoms with Crippen LogP contribution in [0.1, 0.15) is 42.2 Å². The molecular formula is C18H25N6O3S+. The number of nitroso groups, excluding NO2 is 1. The van der Waals surface area contributed by atoms with Gasteiger partial charge in [0.1, 0.15) is 5.69 Å². The standard InChI is InChI=1S/C18H24N6O3S/c1-11-17(24-27)28-18(21-11)23-16(26)14-7-6-13(10-15(14)22-12(2)25)20-9-5-3-4-8-19/h6-7,10,20H,3-5,8-9,19H2,1-2H3,(H,22,25)(H,21,23,26)/p+1. The Balaban J connectivity index is 2.13. The van der Waals surface area contributed by atoms with Crippen LogP contribution in [0.3, 0.4) is 0 Å². The van der Waals surface area contributed by atoms with Gasteiger partial charge >= 0.3 is 11.0 Å². The fraction of sp³-hybridized carbons (Fsp3) is 0.389. The zero-order valence-corrected chi connectivity index (χ0v) is 16.7. The number of aromatic nitrogens is 1. The van der Waals surface area contributed by atoms with Gasteiger partial charge in [0.15, 0.2) is 0 Å². The summed E-state index contributed by atoms with van der Waals surface area (Å²) in [6.07, 6.45) is 3.00. The number of benzene rings is 1. The Morgan fingerprint density at radius 1 is 1.21 bits per heavy atom. The van der Waals surface area contributed by atoms with Crippen molar-refractivity contribution in [1.29, 1.82) is 0 Å². The number of aromatic amines is 1. The van der Waals surface area contributed by atoms with Gasteiger partial charge in [-0.25, -0.2) is 9.78 Å². The van der Waals surface area contributed by atoms with Crippen molar-refractivity contribution in [1.82, 2.24) is 0 Å². The van der Waals surface area contributed by atoms with Crippen LogP contribution in [0.5, 0.6) is 0 Å². The van der Waals surface area contributed by atoms with E-state index in [0.29, 0.717) is 28.6 Å². The van der Waals surface area contributed by atoms with Gasteiger partial charge in [-0.05, 0) is 54.1 Å². The highest BCUT2D eigenvalue weighted by Crippen LogP contribution is 2.28.